The molecule has 13 heteroatoms. The van der Waals surface area contributed by atoms with Gasteiger partial charge in [-0.3, -0.25) is 4.79 Å². The predicted octanol–water partition coefficient (Wildman–Crippen LogP) is 5.24. The molecule has 1 atom stereocenters. The van der Waals surface area contributed by atoms with Crippen LogP contribution in [0.4, 0.5) is 5.82 Å². The fourth-order valence-electron chi connectivity index (χ4n) is 6.24. The molecule has 0 saturated heterocycles. The van der Waals surface area contributed by atoms with Gasteiger partial charge in [-0.2, -0.15) is 15.6 Å². The van der Waals surface area contributed by atoms with Crippen molar-refractivity contribution in [3.63, 3.8) is 0 Å². The Balaban J connectivity index is 1.24. The van der Waals surface area contributed by atoms with Crippen molar-refractivity contribution in [1.29, 1.82) is 10.5 Å². The lowest BCUT2D eigenvalue weighted by atomic mass is 10.1. The van der Waals surface area contributed by atoms with Crippen LogP contribution in [0.5, 0.6) is 5.88 Å². The molecule has 266 valence electrons. The van der Waals surface area contributed by atoms with E-state index in [0.29, 0.717) is 27.8 Å². The molecule has 1 amide bonds. The molecule has 53 heavy (non-hydrogen) atoms. The highest BCUT2D eigenvalue weighted by atomic mass is 28.4. The zero-order valence-electron chi connectivity index (χ0n) is 29.9. The van der Waals surface area contributed by atoms with Crippen LogP contribution in [-0.4, -0.2) is 64.9 Å². The third kappa shape index (κ3) is 7.83. The number of carbonyl (C=O) groups is 1. The summed E-state index contributed by atoms with van der Waals surface area (Å²) in [5.41, 5.74) is 2.82. The molecule has 0 fully saturated rings. The number of aryl methyl sites for hydroxylation is 1. The Hall–Kier alpha value is -6.25. The smallest absolute Gasteiger partial charge is 0.269 e. The van der Waals surface area contributed by atoms with Gasteiger partial charge in [-0.25, -0.2) is 19.6 Å². The number of hydrogen-bond donors (Lipinski definition) is 1. The molecule has 6 aromatic rings. The van der Waals surface area contributed by atoms with Crippen molar-refractivity contribution in [2.24, 2.45) is 0 Å². The highest BCUT2D eigenvalue weighted by molar-refractivity contribution is 6.99. The second-order valence-corrected chi connectivity index (χ2v) is 17.6. The van der Waals surface area contributed by atoms with E-state index in [4.69, 9.17) is 13.9 Å². The van der Waals surface area contributed by atoms with E-state index >= 15 is 0 Å². The van der Waals surface area contributed by atoms with Crippen LogP contribution in [0.3, 0.4) is 0 Å². The molecule has 6 rings (SSSR count). The lowest BCUT2D eigenvalue weighted by Gasteiger charge is -2.43. The minimum absolute atomic E-state index is 0.121. The van der Waals surface area contributed by atoms with Gasteiger partial charge in [-0.05, 0) is 52.2 Å². The number of ether oxygens (including phenoxy) is 2. The third-order valence-electron chi connectivity index (χ3n) is 8.82. The first kappa shape index (κ1) is 36.5. The second-order valence-electron chi connectivity index (χ2n) is 13.3. The van der Waals surface area contributed by atoms with Gasteiger partial charge in [0, 0.05) is 6.20 Å². The second kappa shape index (κ2) is 16.0. The summed E-state index contributed by atoms with van der Waals surface area (Å²) in [7, 11) is -2.80. The van der Waals surface area contributed by atoms with Crippen LogP contribution >= 0.6 is 0 Å². The molecule has 12 nitrogen and oxygen atoms in total. The molecule has 0 aliphatic carbocycles. The normalized spacial score (nSPS) is 12.1. The quantitative estimate of drug-likeness (QED) is 0.123. The van der Waals surface area contributed by atoms with E-state index in [2.05, 4.69) is 76.5 Å². The lowest BCUT2D eigenvalue weighted by Crippen LogP contribution is -2.66. The van der Waals surface area contributed by atoms with Crippen LogP contribution in [-0.2, 0) is 14.0 Å². The van der Waals surface area contributed by atoms with Crippen LogP contribution in [0.2, 0.25) is 5.04 Å². The molecule has 3 heterocycles. The van der Waals surface area contributed by atoms with Gasteiger partial charge >= 0.3 is 0 Å². The number of pyridine rings is 1. The summed E-state index contributed by atoms with van der Waals surface area (Å²) < 4.78 is 21.0. The third-order valence-corrected chi connectivity index (χ3v) is 13.9. The largest absolute Gasteiger partial charge is 0.461 e. The first-order valence-corrected chi connectivity index (χ1v) is 18.9. The number of nitrogens with one attached hydrogen (secondary N) is 1. The Morgan fingerprint density at radius 3 is 2.17 bits per heavy atom. The molecule has 3 aromatic carbocycles. The standard InChI is InChI=1S/C40H38N8O4Si/c1-28-15-16-29(22-41)21-34(28)48-37-33(25-46-48)39(45-27-44-37)52-35(38(49)47-36-18-17-30(23-42)24-43-36)26-50-19-20-51-53(40(2,3)4,31-11-7-5-8-12-31)32-13-9-6-10-14-32/h5-18,21,24-25,27,35H,19-20,26H2,1-4H3,(H,43,47,49)/t35-/m0/s1. The number of amides is 1. The number of rotatable bonds is 13. The maximum atomic E-state index is 13.7. The van der Waals surface area contributed by atoms with Gasteiger partial charge in [-0.15, -0.1) is 0 Å². The first-order valence-electron chi connectivity index (χ1n) is 17.0. The Morgan fingerprint density at radius 1 is 0.868 bits per heavy atom. The summed E-state index contributed by atoms with van der Waals surface area (Å²) in [6.45, 7) is 8.83. The molecule has 1 N–H and O–H groups in total. The number of nitriles is 2. The molecular formula is C40H38N8O4Si. The van der Waals surface area contributed by atoms with Gasteiger partial charge in [0.2, 0.25) is 12.0 Å². The molecule has 0 saturated carbocycles. The maximum absolute atomic E-state index is 13.7. The van der Waals surface area contributed by atoms with E-state index in [1.54, 1.807) is 29.1 Å². The number of hydrogen-bond acceptors (Lipinski definition) is 10. The van der Waals surface area contributed by atoms with Gasteiger partial charge in [0.05, 0.1) is 48.9 Å². The van der Waals surface area contributed by atoms with Gasteiger partial charge in [0.1, 0.15) is 23.6 Å². The van der Waals surface area contributed by atoms with E-state index in [-0.39, 0.29) is 36.6 Å². The van der Waals surface area contributed by atoms with E-state index in [1.807, 2.05) is 55.5 Å². The molecule has 0 spiro atoms. The average Bonchev–Trinajstić information content (AvgIpc) is 3.61. The lowest BCUT2D eigenvalue weighted by molar-refractivity contribution is -0.125. The number of nitrogens with zero attached hydrogens (tertiary/aromatic N) is 7. The van der Waals surface area contributed by atoms with Gasteiger partial charge in [-0.1, -0.05) is 87.5 Å². The van der Waals surface area contributed by atoms with E-state index in [0.717, 1.165) is 15.9 Å². The van der Waals surface area contributed by atoms with Crippen LogP contribution < -0.4 is 20.4 Å². The zero-order chi connectivity index (χ0) is 37.4. The number of benzene rings is 3. The van der Waals surface area contributed by atoms with E-state index in [9.17, 15) is 15.3 Å². The highest BCUT2D eigenvalue weighted by Gasteiger charge is 2.50. The molecule has 0 bridgehead atoms. The number of carbonyl (C=O) groups excluding carboxylic acids is 1. The monoisotopic (exact) mass is 722 g/mol. The van der Waals surface area contributed by atoms with Crippen LogP contribution in [0, 0.1) is 29.6 Å². The summed E-state index contributed by atoms with van der Waals surface area (Å²) >= 11 is 0. The Bertz CT molecular complexity index is 2240. The summed E-state index contributed by atoms with van der Waals surface area (Å²) in [6.07, 6.45) is 3.08. The van der Waals surface area contributed by atoms with Crippen LogP contribution in [0.15, 0.2) is 110 Å². The molecule has 3 aromatic heterocycles. The predicted molar refractivity (Wildman–Crippen MR) is 203 cm³/mol. The first-order chi connectivity index (χ1) is 25.6. The Kier molecular flexibility index (Phi) is 11.0. The highest BCUT2D eigenvalue weighted by Crippen LogP contribution is 2.36. The fourth-order valence-corrected chi connectivity index (χ4v) is 10.8. The van der Waals surface area contributed by atoms with Crippen molar-refractivity contribution in [1.82, 2.24) is 24.7 Å². The number of aromatic nitrogens is 5. The number of anilines is 1. The molecule has 0 aliphatic rings. The van der Waals surface area contributed by atoms with Crippen LogP contribution in [0.1, 0.15) is 37.5 Å². The number of fused-ring (bicyclic) bond motifs is 1. The summed E-state index contributed by atoms with van der Waals surface area (Å²) in [5, 5.41) is 28.5. The molecular weight excluding hydrogens is 685 g/mol. The van der Waals surface area contributed by atoms with E-state index < -0.39 is 20.3 Å². The fraction of sp³-hybridized carbons (Fsp3) is 0.225. The van der Waals surface area contributed by atoms with Gasteiger partial charge in [0.15, 0.2) is 5.65 Å². The summed E-state index contributed by atoms with van der Waals surface area (Å²) in [4.78, 5) is 26.7. The topological polar surface area (TPSA) is 161 Å². The van der Waals surface area contributed by atoms with Crippen molar-refractivity contribution in [2.75, 3.05) is 25.1 Å². The van der Waals surface area contributed by atoms with Crippen molar-refractivity contribution < 1.29 is 18.7 Å². The summed E-state index contributed by atoms with van der Waals surface area (Å²) in [6, 6.07) is 33.2. The minimum Gasteiger partial charge on any atom is -0.461 e. The van der Waals surface area contributed by atoms with Crippen molar-refractivity contribution in [3.05, 3.63) is 126 Å². The molecule has 0 unspecified atom stereocenters. The Morgan fingerprint density at radius 2 is 1.55 bits per heavy atom. The van der Waals surface area contributed by atoms with Crippen LogP contribution in [0.25, 0.3) is 16.7 Å². The van der Waals surface area contributed by atoms with Crippen molar-refractivity contribution in [2.45, 2.75) is 38.8 Å². The van der Waals surface area contributed by atoms with Crippen molar-refractivity contribution in [3.8, 4) is 23.7 Å². The minimum atomic E-state index is -2.80. The summed E-state index contributed by atoms with van der Waals surface area (Å²) in [5.74, 6) is -0.173. The molecule has 0 radical (unpaired) electrons. The van der Waals surface area contributed by atoms with Gasteiger partial charge in [0.25, 0.3) is 14.2 Å². The zero-order valence-corrected chi connectivity index (χ0v) is 30.9. The van der Waals surface area contributed by atoms with Crippen molar-refractivity contribution >= 4 is 41.4 Å². The van der Waals surface area contributed by atoms with Gasteiger partial charge < -0.3 is 19.2 Å². The maximum Gasteiger partial charge on any atom is 0.269 e. The molecule has 0 aliphatic heterocycles. The Labute approximate surface area is 308 Å². The SMILES string of the molecule is Cc1ccc(C#N)cc1-n1ncc2c(O[C@@H](COCCO[Si](c3ccccc3)(c3ccccc3)C(C)(C)C)C(=O)Nc3ccc(C#N)cn3)ncnc21. The average molecular weight is 723 g/mol. The van der Waals surface area contributed by atoms with E-state index in [1.165, 1.54) is 18.6 Å².